The SMILES string of the molecule is N#Cc1nc(C2CCCC2)sc1Br. The van der Waals surface area contributed by atoms with Gasteiger partial charge < -0.3 is 0 Å². The monoisotopic (exact) mass is 256 g/mol. The van der Waals surface area contributed by atoms with Crippen LogP contribution in [-0.4, -0.2) is 4.98 Å². The molecule has 1 fully saturated rings. The third kappa shape index (κ3) is 1.77. The lowest BCUT2D eigenvalue weighted by atomic mass is 10.1. The molecular weight excluding hydrogens is 248 g/mol. The molecule has 0 aromatic carbocycles. The Bertz CT molecular complexity index is 347. The summed E-state index contributed by atoms with van der Waals surface area (Å²) >= 11 is 4.98. The summed E-state index contributed by atoms with van der Waals surface area (Å²) in [6.45, 7) is 0. The van der Waals surface area contributed by atoms with Gasteiger partial charge in [0.15, 0.2) is 5.69 Å². The zero-order valence-corrected chi connectivity index (χ0v) is 9.49. The van der Waals surface area contributed by atoms with Gasteiger partial charge in [-0.3, -0.25) is 0 Å². The van der Waals surface area contributed by atoms with Crippen LogP contribution in [0.3, 0.4) is 0 Å². The molecule has 1 saturated carbocycles. The van der Waals surface area contributed by atoms with Crippen molar-refractivity contribution in [3.05, 3.63) is 14.5 Å². The van der Waals surface area contributed by atoms with E-state index in [0.717, 1.165) is 8.79 Å². The van der Waals surface area contributed by atoms with E-state index in [1.807, 2.05) is 0 Å². The van der Waals surface area contributed by atoms with E-state index < -0.39 is 0 Å². The second-order valence-corrected chi connectivity index (χ2v) is 5.62. The van der Waals surface area contributed by atoms with Crippen LogP contribution in [0.15, 0.2) is 3.79 Å². The number of nitrogens with zero attached hydrogens (tertiary/aromatic N) is 2. The van der Waals surface area contributed by atoms with Crippen molar-refractivity contribution in [1.82, 2.24) is 4.98 Å². The molecule has 1 aromatic rings. The van der Waals surface area contributed by atoms with Gasteiger partial charge in [-0.05, 0) is 28.8 Å². The summed E-state index contributed by atoms with van der Waals surface area (Å²) in [6.07, 6.45) is 5.10. The van der Waals surface area contributed by atoms with E-state index in [0.29, 0.717) is 11.6 Å². The van der Waals surface area contributed by atoms with E-state index in [9.17, 15) is 0 Å². The second-order valence-electron chi connectivity index (χ2n) is 3.27. The van der Waals surface area contributed by atoms with Crippen molar-refractivity contribution in [1.29, 1.82) is 5.26 Å². The van der Waals surface area contributed by atoms with Gasteiger partial charge in [0, 0.05) is 5.92 Å². The summed E-state index contributed by atoms with van der Waals surface area (Å²) in [5.41, 5.74) is 0.548. The number of aromatic nitrogens is 1. The molecule has 0 unspecified atom stereocenters. The zero-order chi connectivity index (χ0) is 9.26. The molecule has 1 aromatic heterocycles. The predicted molar refractivity (Wildman–Crippen MR) is 55.7 cm³/mol. The minimum atomic E-state index is 0.548. The van der Waals surface area contributed by atoms with E-state index in [1.54, 1.807) is 11.3 Å². The lowest BCUT2D eigenvalue weighted by Gasteiger charge is -2.01. The number of thiazole rings is 1. The first-order chi connectivity index (χ1) is 6.31. The first kappa shape index (κ1) is 9.17. The molecular formula is C9H9BrN2S. The van der Waals surface area contributed by atoms with Crippen molar-refractivity contribution in [2.24, 2.45) is 0 Å². The van der Waals surface area contributed by atoms with Crippen LogP contribution in [0.4, 0.5) is 0 Å². The van der Waals surface area contributed by atoms with Gasteiger partial charge in [-0.2, -0.15) is 5.26 Å². The van der Waals surface area contributed by atoms with Crippen LogP contribution in [0.25, 0.3) is 0 Å². The van der Waals surface area contributed by atoms with Gasteiger partial charge in [-0.1, -0.05) is 12.8 Å². The quantitative estimate of drug-likeness (QED) is 0.772. The Balaban J connectivity index is 2.26. The number of nitriles is 1. The summed E-state index contributed by atoms with van der Waals surface area (Å²) in [5.74, 6) is 0.614. The van der Waals surface area contributed by atoms with Crippen molar-refractivity contribution in [3.63, 3.8) is 0 Å². The molecule has 2 nitrogen and oxygen atoms in total. The zero-order valence-electron chi connectivity index (χ0n) is 7.09. The van der Waals surface area contributed by atoms with Crippen molar-refractivity contribution >= 4 is 27.3 Å². The molecule has 0 bridgehead atoms. The van der Waals surface area contributed by atoms with Gasteiger partial charge in [0.05, 0.1) is 5.01 Å². The van der Waals surface area contributed by atoms with Crippen LogP contribution in [0.2, 0.25) is 0 Å². The molecule has 0 spiro atoms. The average Bonchev–Trinajstić information content (AvgIpc) is 2.71. The second kappa shape index (κ2) is 3.77. The average molecular weight is 257 g/mol. The highest BCUT2D eigenvalue weighted by Gasteiger charge is 2.21. The predicted octanol–water partition coefficient (Wildman–Crippen LogP) is 3.43. The van der Waals surface area contributed by atoms with Gasteiger partial charge >= 0.3 is 0 Å². The number of hydrogen-bond donors (Lipinski definition) is 0. The number of hydrogen-bond acceptors (Lipinski definition) is 3. The molecule has 0 N–H and O–H groups in total. The Morgan fingerprint density at radius 3 is 2.69 bits per heavy atom. The molecule has 0 atom stereocenters. The minimum absolute atomic E-state index is 0.548. The third-order valence-corrected chi connectivity index (χ3v) is 4.28. The van der Waals surface area contributed by atoms with E-state index in [-0.39, 0.29) is 0 Å². The Morgan fingerprint density at radius 2 is 2.15 bits per heavy atom. The summed E-state index contributed by atoms with van der Waals surface area (Å²) < 4.78 is 0.886. The van der Waals surface area contributed by atoms with E-state index in [4.69, 9.17) is 5.26 Å². The van der Waals surface area contributed by atoms with Gasteiger partial charge in [-0.25, -0.2) is 4.98 Å². The summed E-state index contributed by atoms with van der Waals surface area (Å²) in [4.78, 5) is 4.32. The molecule has 0 radical (unpaired) electrons. The molecule has 0 aliphatic heterocycles. The van der Waals surface area contributed by atoms with Crippen LogP contribution in [0, 0.1) is 11.3 Å². The lowest BCUT2D eigenvalue weighted by Crippen LogP contribution is -1.90. The fourth-order valence-corrected chi connectivity index (χ4v) is 3.32. The van der Waals surface area contributed by atoms with Crippen LogP contribution < -0.4 is 0 Å². The van der Waals surface area contributed by atoms with Crippen molar-refractivity contribution in [3.8, 4) is 6.07 Å². The summed E-state index contributed by atoms with van der Waals surface area (Å²) in [5, 5.41) is 9.88. The van der Waals surface area contributed by atoms with Crippen LogP contribution in [-0.2, 0) is 0 Å². The van der Waals surface area contributed by atoms with E-state index in [1.165, 1.54) is 25.7 Å². The van der Waals surface area contributed by atoms with Crippen molar-refractivity contribution < 1.29 is 0 Å². The van der Waals surface area contributed by atoms with Crippen molar-refractivity contribution in [2.75, 3.05) is 0 Å². The normalized spacial score (nSPS) is 17.5. The highest BCUT2D eigenvalue weighted by molar-refractivity contribution is 9.11. The van der Waals surface area contributed by atoms with E-state index >= 15 is 0 Å². The van der Waals surface area contributed by atoms with Crippen LogP contribution in [0.1, 0.15) is 42.3 Å². The highest BCUT2D eigenvalue weighted by Crippen LogP contribution is 2.38. The third-order valence-electron chi connectivity index (χ3n) is 2.41. The Hall–Kier alpha value is -0.400. The molecule has 4 heteroatoms. The Kier molecular flexibility index (Phi) is 2.66. The van der Waals surface area contributed by atoms with Gasteiger partial charge in [0.1, 0.15) is 9.86 Å². The maximum absolute atomic E-state index is 8.74. The summed E-state index contributed by atoms with van der Waals surface area (Å²) in [6, 6.07) is 2.09. The minimum Gasteiger partial charge on any atom is -0.229 e. The topological polar surface area (TPSA) is 36.7 Å². The molecule has 0 amide bonds. The number of halogens is 1. The number of rotatable bonds is 1. The van der Waals surface area contributed by atoms with Crippen LogP contribution in [0.5, 0.6) is 0 Å². The maximum Gasteiger partial charge on any atom is 0.165 e. The fraction of sp³-hybridized carbons (Fsp3) is 0.556. The van der Waals surface area contributed by atoms with Gasteiger partial charge in [0.2, 0.25) is 0 Å². The standard InChI is InChI=1S/C9H9BrN2S/c10-8-7(5-11)12-9(13-8)6-3-1-2-4-6/h6H,1-4H2. The molecule has 13 heavy (non-hydrogen) atoms. The molecule has 2 rings (SSSR count). The molecule has 1 heterocycles. The Labute approximate surface area is 89.7 Å². The van der Waals surface area contributed by atoms with Crippen molar-refractivity contribution in [2.45, 2.75) is 31.6 Å². The highest BCUT2D eigenvalue weighted by atomic mass is 79.9. The lowest BCUT2D eigenvalue weighted by molar-refractivity contribution is 0.715. The smallest absolute Gasteiger partial charge is 0.165 e. The first-order valence-corrected chi connectivity index (χ1v) is 5.98. The largest absolute Gasteiger partial charge is 0.229 e. The first-order valence-electron chi connectivity index (χ1n) is 4.37. The molecule has 0 saturated heterocycles. The maximum atomic E-state index is 8.74. The van der Waals surface area contributed by atoms with Gasteiger partial charge in [0.25, 0.3) is 0 Å². The molecule has 1 aliphatic carbocycles. The fourth-order valence-electron chi connectivity index (χ4n) is 1.73. The Morgan fingerprint density at radius 1 is 1.46 bits per heavy atom. The van der Waals surface area contributed by atoms with E-state index in [2.05, 4.69) is 27.0 Å². The molecule has 68 valence electrons. The molecule has 1 aliphatic rings. The summed E-state index contributed by atoms with van der Waals surface area (Å²) in [7, 11) is 0. The van der Waals surface area contributed by atoms with Crippen LogP contribution >= 0.6 is 27.3 Å². The van der Waals surface area contributed by atoms with Gasteiger partial charge in [-0.15, -0.1) is 11.3 Å².